The van der Waals surface area contributed by atoms with Gasteiger partial charge in [-0.2, -0.15) is 9.78 Å². The van der Waals surface area contributed by atoms with Crippen LogP contribution in [-0.4, -0.2) is 33.4 Å². The van der Waals surface area contributed by atoms with Crippen LogP contribution in [-0.2, 0) is 17.8 Å². The van der Waals surface area contributed by atoms with Crippen LogP contribution in [0, 0.1) is 5.82 Å². The molecule has 2 aromatic carbocycles. The summed E-state index contributed by atoms with van der Waals surface area (Å²) < 4.78 is 21.6. The fraction of sp³-hybridized carbons (Fsp3) is 0.261. The van der Waals surface area contributed by atoms with E-state index >= 15 is 0 Å². The lowest BCUT2D eigenvalue weighted by atomic mass is 10.00. The Kier molecular flexibility index (Phi) is 4.87. The molecule has 158 valence electrons. The van der Waals surface area contributed by atoms with Gasteiger partial charge in [0.15, 0.2) is 0 Å². The fourth-order valence-corrected chi connectivity index (χ4v) is 4.33. The number of halogens is 2. The van der Waals surface area contributed by atoms with Crippen molar-refractivity contribution >= 4 is 23.5 Å². The number of aromatic nitrogens is 2. The van der Waals surface area contributed by atoms with Gasteiger partial charge in [0.25, 0.3) is 5.91 Å². The zero-order chi connectivity index (χ0) is 21.7. The molecule has 1 aromatic heterocycles. The van der Waals surface area contributed by atoms with E-state index in [0.29, 0.717) is 40.9 Å². The van der Waals surface area contributed by atoms with Crippen molar-refractivity contribution in [3.8, 4) is 11.3 Å². The Morgan fingerprint density at radius 3 is 2.74 bits per heavy atom. The minimum atomic E-state index is -1.21. The highest BCUT2D eigenvalue weighted by atomic mass is 35.5. The van der Waals surface area contributed by atoms with Gasteiger partial charge in [-0.25, -0.2) is 9.18 Å². The number of benzene rings is 2. The number of rotatable bonds is 4. The second-order valence-electron chi connectivity index (χ2n) is 7.77. The lowest BCUT2D eigenvalue weighted by molar-refractivity contribution is 0.0696. The van der Waals surface area contributed by atoms with E-state index in [2.05, 4.69) is 5.10 Å². The van der Waals surface area contributed by atoms with Crippen LogP contribution in [0.3, 0.4) is 0 Å². The first-order valence-corrected chi connectivity index (χ1v) is 10.4. The summed E-state index contributed by atoms with van der Waals surface area (Å²) in [5.74, 6) is -1.99. The molecule has 0 saturated heterocycles. The number of hydrogen-bond acceptors (Lipinski definition) is 4. The predicted octanol–water partition coefficient (Wildman–Crippen LogP) is 4.68. The van der Waals surface area contributed by atoms with Crippen molar-refractivity contribution in [2.45, 2.75) is 31.8 Å². The summed E-state index contributed by atoms with van der Waals surface area (Å²) in [4.78, 5) is 24.7. The monoisotopic (exact) mass is 440 g/mol. The average Bonchev–Trinajstić information content (AvgIpc) is 3.54. The quantitative estimate of drug-likeness (QED) is 0.637. The van der Waals surface area contributed by atoms with Crippen LogP contribution < -0.4 is 0 Å². The molecule has 0 radical (unpaired) electrons. The SMILES string of the molecule is O=C(O)c1ccc(-c2nn(C(=O)c3c(Cl)cccc3C3CC3)c3c2CCOC3)c(F)c1. The number of nitrogens with zero attached hydrogens (tertiary/aromatic N) is 2. The van der Waals surface area contributed by atoms with E-state index in [4.69, 9.17) is 21.4 Å². The van der Waals surface area contributed by atoms with E-state index in [1.165, 1.54) is 16.8 Å². The van der Waals surface area contributed by atoms with E-state index in [0.717, 1.165) is 30.0 Å². The highest BCUT2D eigenvalue weighted by Gasteiger charge is 2.33. The smallest absolute Gasteiger partial charge is 0.335 e. The topological polar surface area (TPSA) is 81.4 Å². The minimum absolute atomic E-state index is 0.149. The van der Waals surface area contributed by atoms with Gasteiger partial charge in [-0.15, -0.1) is 0 Å². The molecule has 2 heterocycles. The van der Waals surface area contributed by atoms with Crippen LogP contribution in [0.15, 0.2) is 36.4 Å². The Balaban J connectivity index is 1.65. The average molecular weight is 441 g/mol. The molecule has 2 aliphatic rings. The molecule has 1 aliphatic heterocycles. The lowest BCUT2D eigenvalue weighted by Crippen LogP contribution is -2.21. The Bertz CT molecular complexity index is 1230. The molecule has 1 saturated carbocycles. The van der Waals surface area contributed by atoms with Gasteiger partial charge in [0, 0.05) is 11.1 Å². The number of aromatic carboxylic acids is 1. The maximum absolute atomic E-state index is 14.8. The molecule has 0 spiro atoms. The summed E-state index contributed by atoms with van der Waals surface area (Å²) in [5.41, 5.74) is 2.92. The number of carbonyl (C=O) groups excluding carboxylic acids is 1. The summed E-state index contributed by atoms with van der Waals surface area (Å²) >= 11 is 6.42. The van der Waals surface area contributed by atoms with Gasteiger partial charge in [-0.05, 0) is 55.0 Å². The number of carboxylic acids is 1. The third-order valence-electron chi connectivity index (χ3n) is 5.77. The lowest BCUT2D eigenvalue weighted by Gasteiger charge is -2.16. The summed E-state index contributed by atoms with van der Waals surface area (Å²) in [7, 11) is 0. The van der Waals surface area contributed by atoms with Gasteiger partial charge in [0.05, 0.1) is 40.8 Å². The maximum atomic E-state index is 14.8. The van der Waals surface area contributed by atoms with Gasteiger partial charge in [0.1, 0.15) is 5.82 Å². The summed E-state index contributed by atoms with van der Waals surface area (Å²) in [6, 6.07) is 9.10. The van der Waals surface area contributed by atoms with Gasteiger partial charge in [0.2, 0.25) is 0 Å². The number of fused-ring (bicyclic) bond motifs is 1. The predicted molar refractivity (Wildman–Crippen MR) is 111 cm³/mol. The zero-order valence-corrected chi connectivity index (χ0v) is 17.2. The second-order valence-corrected chi connectivity index (χ2v) is 8.18. The van der Waals surface area contributed by atoms with Crippen molar-refractivity contribution in [1.29, 1.82) is 0 Å². The molecule has 0 bridgehead atoms. The molecule has 0 amide bonds. The number of carboxylic acid groups (broad SMARTS) is 1. The Labute approximate surface area is 182 Å². The fourth-order valence-electron chi connectivity index (χ4n) is 4.07. The van der Waals surface area contributed by atoms with Gasteiger partial charge in [-0.3, -0.25) is 4.79 Å². The van der Waals surface area contributed by atoms with Gasteiger partial charge in [-0.1, -0.05) is 23.7 Å². The van der Waals surface area contributed by atoms with E-state index < -0.39 is 11.8 Å². The Morgan fingerprint density at radius 2 is 2.03 bits per heavy atom. The highest BCUT2D eigenvalue weighted by Crippen LogP contribution is 2.43. The number of carbonyl (C=O) groups is 2. The molecule has 5 rings (SSSR count). The number of ether oxygens (including phenoxy) is 1. The first-order valence-electron chi connectivity index (χ1n) is 10.0. The van der Waals surface area contributed by atoms with Crippen molar-refractivity contribution in [2.24, 2.45) is 0 Å². The molecule has 0 unspecified atom stereocenters. The maximum Gasteiger partial charge on any atom is 0.335 e. The first kappa shape index (κ1) is 19.9. The molecule has 1 aliphatic carbocycles. The molecular formula is C23H18ClFN2O4. The minimum Gasteiger partial charge on any atom is -0.478 e. The summed E-state index contributed by atoms with van der Waals surface area (Å²) in [6.45, 7) is 0.597. The molecule has 31 heavy (non-hydrogen) atoms. The Hall–Kier alpha value is -3.03. The van der Waals surface area contributed by atoms with Crippen molar-refractivity contribution in [3.05, 3.63) is 75.2 Å². The molecular weight excluding hydrogens is 423 g/mol. The van der Waals surface area contributed by atoms with Crippen molar-refractivity contribution in [3.63, 3.8) is 0 Å². The molecule has 3 aromatic rings. The van der Waals surface area contributed by atoms with Crippen LogP contribution in [0.2, 0.25) is 5.02 Å². The molecule has 1 N–H and O–H groups in total. The normalized spacial score (nSPS) is 15.5. The van der Waals surface area contributed by atoms with Crippen molar-refractivity contribution in [2.75, 3.05) is 6.61 Å². The van der Waals surface area contributed by atoms with E-state index in [1.54, 1.807) is 6.07 Å². The second kappa shape index (κ2) is 7.59. The van der Waals surface area contributed by atoms with E-state index in [-0.39, 0.29) is 23.6 Å². The first-order chi connectivity index (χ1) is 15.0. The summed E-state index contributed by atoms with van der Waals surface area (Å²) in [6.07, 6.45) is 2.48. The van der Waals surface area contributed by atoms with Crippen LogP contribution in [0.25, 0.3) is 11.3 Å². The van der Waals surface area contributed by atoms with Crippen LogP contribution in [0.1, 0.15) is 56.3 Å². The third kappa shape index (κ3) is 3.43. The summed E-state index contributed by atoms with van der Waals surface area (Å²) in [5, 5.41) is 13.9. The van der Waals surface area contributed by atoms with Gasteiger partial charge >= 0.3 is 5.97 Å². The number of hydrogen-bond donors (Lipinski definition) is 1. The van der Waals surface area contributed by atoms with Crippen LogP contribution in [0.4, 0.5) is 4.39 Å². The largest absolute Gasteiger partial charge is 0.478 e. The standard InChI is InChI=1S/C23H18ClFN2O4/c24-17-3-1-2-14(12-4-5-12)20(17)22(28)27-19-11-31-9-8-16(19)21(26-27)15-7-6-13(23(29)30)10-18(15)25/h1-3,6-7,10,12H,4-5,8-9,11H2,(H,29,30). The van der Waals surface area contributed by atoms with Crippen molar-refractivity contribution in [1.82, 2.24) is 9.78 Å². The van der Waals surface area contributed by atoms with E-state index in [1.807, 2.05) is 12.1 Å². The molecule has 8 heteroatoms. The van der Waals surface area contributed by atoms with E-state index in [9.17, 15) is 14.0 Å². The highest BCUT2D eigenvalue weighted by molar-refractivity contribution is 6.34. The Morgan fingerprint density at radius 1 is 1.23 bits per heavy atom. The molecule has 6 nitrogen and oxygen atoms in total. The van der Waals surface area contributed by atoms with Crippen LogP contribution >= 0.6 is 11.6 Å². The zero-order valence-electron chi connectivity index (χ0n) is 16.4. The molecule has 0 atom stereocenters. The van der Waals surface area contributed by atoms with Gasteiger partial charge < -0.3 is 9.84 Å². The van der Waals surface area contributed by atoms with Crippen LogP contribution in [0.5, 0.6) is 0 Å². The van der Waals surface area contributed by atoms with Crippen molar-refractivity contribution < 1.29 is 23.8 Å². The molecule has 1 fully saturated rings. The third-order valence-corrected chi connectivity index (χ3v) is 6.08.